The van der Waals surface area contributed by atoms with E-state index in [9.17, 15) is 0 Å². The van der Waals surface area contributed by atoms with Crippen molar-refractivity contribution in [1.29, 1.82) is 0 Å². The highest BCUT2D eigenvalue weighted by molar-refractivity contribution is 5.12. The second kappa shape index (κ2) is 6.77. The monoisotopic (exact) mass is 199 g/mol. The maximum atomic E-state index is 4.01. The van der Waals surface area contributed by atoms with Gasteiger partial charge in [-0.05, 0) is 17.5 Å². The van der Waals surface area contributed by atoms with E-state index in [1.807, 2.05) is 48.7 Å². The standard InChI is InChI=1S/C8H11N.C6H6/c1-7(2)8-4-3-5-9-6-8;1-2-4-6-5-3-1/h3-7H,1-2H3;1-6H. The molecule has 0 bridgehead atoms. The third-order valence-electron chi connectivity index (χ3n) is 2.02. The molecule has 1 heteroatoms. The zero-order valence-corrected chi connectivity index (χ0v) is 9.30. The Kier molecular flexibility index (Phi) is 5.16. The van der Waals surface area contributed by atoms with Crippen LogP contribution in [0.5, 0.6) is 0 Å². The molecule has 0 aliphatic heterocycles. The largest absolute Gasteiger partial charge is 0.264 e. The van der Waals surface area contributed by atoms with E-state index in [1.165, 1.54) is 5.56 Å². The van der Waals surface area contributed by atoms with Gasteiger partial charge in [0.05, 0.1) is 0 Å². The van der Waals surface area contributed by atoms with Crippen LogP contribution >= 0.6 is 0 Å². The van der Waals surface area contributed by atoms with E-state index in [1.54, 1.807) is 6.20 Å². The zero-order chi connectivity index (χ0) is 10.9. The molecule has 2 aromatic rings. The minimum Gasteiger partial charge on any atom is -0.264 e. The Bertz CT molecular complexity index is 314. The van der Waals surface area contributed by atoms with E-state index in [4.69, 9.17) is 0 Å². The van der Waals surface area contributed by atoms with Crippen molar-refractivity contribution in [3.05, 3.63) is 66.5 Å². The first-order chi connectivity index (χ1) is 7.30. The lowest BCUT2D eigenvalue weighted by molar-refractivity contribution is 0.858. The first kappa shape index (κ1) is 11.4. The van der Waals surface area contributed by atoms with Crippen LogP contribution < -0.4 is 0 Å². The van der Waals surface area contributed by atoms with Crippen molar-refractivity contribution in [1.82, 2.24) is 4.98 Å². The van der Waals surface area contributed by atoms with Crippen LogP contribution in [0.4, 0.5) is 0 Å². The molecular formula is C14H17N. The van der Waals surface area contributed by atoms with Gasteiger partial charge in [-0.25, -0.2) is 0 Å². The maximum absolute atomic E-state index is 4.01. The molecule has 0 spiro atoms. The Morgan fingerprint density at radius 3 is 1.67 bits per heavy atom. The van der Waals surface area contributed by atoms with Crippen LogP contribution in [-0.4, -0.2) is 4.98 Å². The molecule has 0 aliphatic carbocycles. The summed E-state index contributed by atoms with van der Waals surface area (Å²) in [6.07, 6.45) is 3.70. The Balaban J connectivity index is 0.000000162. The average molecular weight is 199 g/mol. The first-order valence-corrected chi connectivity index (χ1v) is 5.20. The lowest BCUT2D eigenvalue weighted by Gasteiger charge is -2.00. The number of hydrogen-bond acceptors (Lipinski definition) is 1. The summed E-state index contributed by atoms with van der Waals surface area (Å²) >= 11 is 0. The molecule has 0 atom stereocenters. The predicted octanol–water partition coefficient (Wildman–Crippen LogP) is 3.89. The first-order valence-electron chi connectivity index (χ1n) is 5.20. The lowest BCUT2D eigenvalue weighted by atomic mass is 10.1. The third kappa shape index (κ3) is 4.96. The van der Waals surface area contributed by atoms with Gasteiger partial charge in [0, 0.05) is 12.4 Å². The second-order valence-corrected chi connectivity index (χ2v) is 3.60. The fourth-order valence-corrected chi connectivity index (χ4v) is 1.10. The van der Waals surface area contributed by atoms with Gasteiger partial charge >= 0.3 is 0 Å². The molecule has 2 rings (SSSR count). The van der Waals surface area contributed by atoms with E-state index in [-0.39, 0.29) is 0 Å². The van der Waals surface area contributed by atoms with Crippen molar-refractivity contribution in [2.24, 2.45) is 0 Å². The van der Waals surface area contributed by atoms with E-state index in [0.717, 1.165) is 0 Å². The van der Waals surface area contributed by atoms with E-state index in [0.29, 0.717) is 5.92 Å². The molecule has 1 heterocycles. The lowest BCUT2D eigenvalue weighted by Crippen LogP contribution is -1.85. The summed E-state index contributed by atoms with van der Waals surface area (Å²) in [5.41, 5.74) is 1.30. The molecule has 0 unspecified atom stereocenters. The van der Waals surface area contributed by atoms with Crippen molar-refractivity contribution in [3.8, 4) is 0 Å². The number of nitrogens with zero attached hydrogens (tertiary/aromatic N) is 1. The SMILES string of the molecule is CC(C)c1cccnc1.c1ccccc1. The smallest absolute Gasteiger partial charge is 0.0302 e. The minimum atomic E-state index is 0.596. The van der Waals surface area contributed by atoms with Crippen LogP contribution in [0.2, 0.25) is 0 Å². The van der Waals surface area contributed by atoms with Gasteiger partial charge in [0.15, 0.2) is 0 Å². The number of hydrogen-bond donors (Lipinski definition) is 0. The van der Waals surface area contributed by atoms with Crippen LogP contribution in [0.3, 0.4) is 0 Å². The van der Waals surface area contributed by atoms with Crippen molar-refractivity contribution in [2.75, 3.05) is 0 Å². The number of aromatic nitrogens is 1. The molecule has 1 aromatic carbocycles. The number of pyridine rings is 1. The van der Waals surface area contributed by atoms with Crippen molar-refractivity contribution in [3.63, 3.8) is 0 Å². The summed E-state index contributed by atoms with van der Waals surface area (Å²) in [4.78, 5) is 4.01. The van der Waals surface area contributed by atoms with Crippen LogP contribution in [0.1, 0.15) is 25.3 Å². The van der Waals surface area contributed by atoms with Crippen molar-refractivity contribution >= 4 is 0 Å². The van der Waals surface area contributed by atoms with Gasteiger partial charge in [-0.1, -0.05) is 56.3 Å². The zero-order valence-electron chi connectivity index (χ0n) is 9.30. The number of benzene rings is 1. The third-order valence-corrected chi connectivity index (χ3v) is 2.02. The fourth-order valence-electron chi connectivity index (χ4n) is 1.10. The molecule has 15 heavy (non-hydrogen) atoms. The summed E-state index contributed by atoms with van der Waals surface area (Å²) in [5, 5.41) is 0. The summed E-state index contributed by atoms with van der Waals surface area (Å²) in [6.45, 7) is 4.33. The van der Waals surface area contributed by atoms with Crippen LogP contribution in [0.15, 0.2) is 60.9 Å². The van der Waals surface area contributed by atoms with Gasteiger partial charge < -0.3 is 0 Å². The van der Waals surface area contributed by atoms with Gasteiger partial charge in [0.2, 0.25) is 0 Å². The molecule has 0 aliphatic rings. The predicted molar refractivity (Wildman–Crippen MR) is 64.8 cm³/mol. The topological polar surface area (TPSA) is 12.9 Å². The highest BCUT2D eigenvalue weighted by atomic mass is 14.6. The second-order valence-electron chi connectivity index (χ2n) is 3.60. The molecule has 78 valence electrons. The van der Waals surface area contributed by atoms with Crippen molar-refractivity contribution in [2.45, 2.75) is 19.8 Å². The Hall–Kier alpha value is -1.63. The number of rotatable bonds is 1. The summed E-state index contributed by atoms with van der Waals surface area (Å²) in [7, 11) is 0. The molecule has 0 amide bonds. The quantitative estimate of drug-likeness (QED) is 0.679. The molecule has 0 saturated heterocycles. The molecule has 0 fully saturated rings. The fraction of sp³-hybridized carbons (Fsp3) is 0.214. The molecule has 0 radical (unpaired) electrons. The van der Waals surface area contributed by atoms with E-state index >= 15 is 0 Å². The Labute approximate surface area is 91.8 Å². The van der Waals surface area contributed by atoms with Crippen LogP contribution in [0.25, 0.3) is 0 Å². The van der Waals surface area contributed by atoms with E-state index < -0.39 is 0 Å². The van der Waals surface area contributed by atoms with Crippen molar-refractivity contribution < 1.29 is 0 Å². The van der Waals surface area contributed by atoms with Gasteiger partial charge in [0.1, 0.15) is 0 Å². The Morgan fingerprint density at radius 2 is 1.40 bits per heavy atom. The summed E-state index contributed by atoms with van der Waals surface area (Å²) < 4.78 is 0. The molecule has 0 saturated carbocycles. The highest BCUT2D eigenvalue weighted by Crippen LogP contribution is 2.10. The average Bonchev–Trinajstić information content (AvgIpc) is 2.33. The highest BCUT2D eigenvalue weighted by Gasteiger charge is 1.94. The normalized spacial score (nSPS) is 9.27. The molecular weight excluding hydrogens is 182 g/mol. The summed E-state index contributed by atoms with van der Waals surface area (Å²) in [5.74, 6) is 0.596. The molecule has 0 N–H and O–H groups in total. The Morgan fingerprint density at radius 1 is 0.867 bits per heavy atom. The van der Waals surface area contributed by atoms with E-state index in [2.05, 4.69) is 24.9 Å². The molecule has 1 aromatic heterocycles. The van der Waals surface area contributed by atoms with Gasteiger partial charge in [-0.15, -0.1) is 0 Å². The molecule has 1 nitrogen and oxygen atoms in total. The minimum absolute atomic E-state index is 0.596. The maximum Gasteiger partial charge on any atom is 0.0302 e. The summed E-state index contributed by atoms with van der Waals surface area (Å²) in [6, 6.07) is 16.1. The van der Waals surface area contributed by atoms with Gasteiger partial charge in [-0.3, -0.25) is 4.98 Å². The van der Waals surface area contributed by atoms with Gasteiger partial charge in [0.25, 0.3) is 0 Å². The van der Waals surface area contributed by atoms with Crippen LogP contribution in [0, 0.1) is 0 Å². The van der Waals surface area contributed by atoms with Gasteiger partial charge in [-0.2, -0.15) is 0 Å². The van der Waals surface area contributed by atoms with Crippen LogP contribution in [-0.2, 0) is 0 Å².